The molecule has 2 nitrogen and oxygen atoms in total. The molecule has 0 spiro atoms. The number of carbonyl (C=O) groups is 1. The first-order valence-electron chi connectivity index (χ1n) is 8.24. The molecule has 0 amide bonds. The van der Waals surface area contributed by atoms with Gasteiger partial charge in [0.1, 0.15) is 0 Å². The lowest BCUT2D eigenvalue weighted by Crippen LogP contribution is -1.89. The van der Waals surface area contributed by atoms with Gasteiger partial charge in [0.15, 0.2) is 0 Å². The van der Waals surface area contributed by atoms with Gasteiger partial charge in [-0.3, -0.25) is 4.79 Å². The molecule has 0 aliphatic heterocycles. The van der Waals surface area contributed by atoms with Crippen LogP contribution in [0.5, 0.6) is 0 Å². The van der Waals surface area contributed by atoms with Gasteiger partial charge < -0.3 is 5.11 Å². The van der Waals surface area contributed by atoms with E-state index in [1.807, 2.05) is 6.08 Å². The van der Waals surface area contributed by atoms with Gasteiger partial charge >= 0.3 is 5.97 Å². The van der Waals surface area contributed by atoms with Crippen LogP contribution in [0.25, 0.3) is 0 Å². The molecule has 0 unspecified atom stereocenters. The van der Waals surface area contributed by atoms with Gasteiger partial charge in [0.25, 0.3) is 0 Å². The number of hydrogen-bond acceptors (Lipinski definition) is 1. The van der Waals surface area contributed by atoms with Crippen LogP contribution >= 0.6 is 0 Å². The molecule has 0 aliphatic rings. The van der Waals surface area contributed by atoms with Crippen LogP contribution in [0.4, 0.5) is 0 Å². The third-order valence-electron chi connectivity index (χ3n) is 2.94. The van der Waals surface area contributed by atoms with Gasteiger partial charge in [-0.15, -0.1) is 0 Å². The Hall–Kier alpha value is -1.83. The lowest BCUT2D eigenvalue weighted by atomic mass is 10.2. The minimum absolute atomic E-state index is 0.105. The van der Waals surface area contributed by atoms with Gasteiger partial charge in [-0.25, -0.2) is 0 Å². The van der Waals surface area contributed by atoms with Crippen LogP contribution in [0.1, 0.15) is 58.3 Å². The van der Waals surface area contributed by atoms with Crippen LogP contribution in [0, 0.1) is 0 Å². The summed E-state index contributed by atoms with van der Waals surface area (Å²) in [7, 11) is 0. The Balaban J connectivity index is 3.48. The summed E-state index contributed by atoms with van der Waals surface area (Å²) in [5.74, 6) is -0.785. The monoisotopic (exact) mass is 302 g/mol. The molecule has 2 heteroatoms. The molecule has 0 atom stereocenters. The molecule has 1 N–H and O–H groups in total. The third-order valence-corrected chi connectivity index (χ3v) is 2.94. The zero-order valence-electron chi connectivity index (χ0n) is 13.8. The largest absolute Gasteiger partial charge is 0.481 e. The van der Waals surface area contributed by atoms with Crippen molar-refractivity contribution >= 4 is 5.97 Å². The summed E-state index contributed by atoms with van der Waals surface area (Å²) in [5, 5.41) is 8.45. The average Bonchev–Trinajstić information content (AvgIpc) is 2.50. The normalized spacial score (nSPS) is 12.8. The number of carboxylic acids is 1. The van der Waals surface area contributed by atoms with E-state index in [4.69, 9.17) is 5.11 Å². The van der Waals surface area contributed by atoms with Crippen molar-refractivity contribution < 1.29 is 9.90 Å². The van der Waals surface area contributed by atoms with Crippen LogP contribution in [0.3, 0.4) is 0 Å². The van der Waals surface area contributed by atoms with Crippen LogP contribution in [-0.4, -0.2) is 11.1 Å². The number of allylic oxidation sites excluding steroid dienone is 9. The van der Waals surface area contributed by atoms with E-state index >= 15 is 0 Å². The Morgan fingerprint density at radius 3 is 1.55 bits per heavy atom. The number of unbranched alkanes of at least 4 members (excludes halogenated alkanes) is 2. The molecule has 0 saturated heterocycles. The lowest BCUT2D eigenvalue weighted by molar-refractivity contribution is -0.136. The summed E-state index contributed by atoms with van der Waals surface area (Å²) in [4.78, 5) is 10.3. The van der Waals surface area contributed by atoms with E-state index in [2.05, 4.69) is 55.5 Å². The second-order valence-corrected chi connectivity index (χ2v) is 5.04. The minimum atomic E-state index is -0.785. The molecule has 0 aromatic rings. The highest BCUT2D eigenvalue weighted by Gasteiger charge is 1.87. The molecular weight excluding hydrogens is 272 g/mol. The van der Waals surface area contributed by atoms with Gasteiger partial charge in [0.2, 0.25) is 0 Å². The fourth-order valence-electron chi connectivity index (χ4n) is 1.71. The molecule has 122 valence electrons. The maximum atomic E-state index is 10.3. The Labute approximate surface area is 135 Å². The van der Waals surface area contributed by atoms with Crippen LogP contribution in [0.2, 0.25) is 0 Å². The smallest absolute Gasteiger partial charge is 0.307 e. The number of aliphatic carboxylic acids is 1. The Bertz CT molecular complexity index is 398. The Morgan fingerprint density at radius 1 is 0.727 bits per heavy atom. The SMILES string of the molecule is CCCC/C=C/C/C=C/C/C=C/C/C=C/C/C=C/CC(=O)O. The molecule has 0 aliphatic carbocycles. The van der Waals surface area contributed by atoms with E-state index in [0.29, 0.717) is 0 Å². The number of hydrogen-bond donors (Lipinski definition) is 1. The first kappa shape index (κ1) is 20.2. The van der Waals surface area contributed by atoms with E-state index in [0.717, 1.165) is 25.7 Å². The van der Waals surface area contributed by atoms with Gasteiger partial charge in [0.05, 0.1) is 6.42 Å². The first-order chi connectivity index (χ1) is 10.8. The fraction of sp³-hybridized carbons (Fsp3) is 0.450. The average molecular weight is 302 g/mol. The molecular formula is C20H30O2. The molecule has 0 bridgehead atoms. The highest BCUT2D eigenvalue weighted by atomic mass is 16.4. The van der Waals surface area contributed by atoms with Crippen molar-refractivity contribution in [2.75, 3.05) is 0 Å². The lowest BCUT2D eigenvalue weighted by Gasteiger charge is -1.87. The molecule has 0 rings (SSSR count). The van der Waals surface area contributed by atoms with E-state index in [9.17, 15) is 4.79 Å². The zero-order chi connectivity index (χ0) is 16.3. The molecule has 0 aromatic carbocycles. The van der Waals surface area contributed by atoms with Crippen LogP contribution < -0.4 is 0 Å². The summed E-state index contributed by atoms with van der Waals surface area (Å²) in [6, 6.07) is 0. The molecule has 0 saturated carbocycles. The summed E-state index contributed by atoms with van der Waals surface area (Å²) < 4.78 is 0. The van der Waals surface area contributed by atoms with Crippen molar-refractivity contribution in [1.29, 1.82) is 0 Å². The number of rotatable bonds is 13. The molecule has 0 fully saturated rings. The van der Waals surface area contributed by atoms with E-state index in [1.54, 1.807) is 6.08 Å². The quantitative estimate of drug-likeness (QED) is 0.335. The van der Waals surface area contributed by atoms with Gasteiger partial charge in [0, 0.05) is 0 Å². The Kier molecular flexibility index (Phi) is 15.8. The summed E-state index contributed by atoms with van der Waals surface area (Å²) in [6.07, 6.45) is 28.5. The highest BCUT2D eigenvalue weighted by molar-refractivity contribution is 5.68. The van der Waals surface area contributed by atoms with Crippen molar-refractivity contribution in [3.8, 4) is 0 Å². The number of carboxylic acid groups (broad SMARTS) is 1. The maximum absolute atomic E-state index is 10.3. The van der Waals surface area contributed by atoms with Gasteiger partial charge in [-0.05, 0) is 32.1 Å². The minimum Gasteiger partial charge on any atom is -0.481 e. The van der Waals surface area contributed by atoms with Crippen LogP contribution in [-0.2, 0) is 4.79 Å². The van der Waals surface area contributed by atoms with Crippen molar-refractivity contribution in [2.45, 2.75) is 58.3 Å². The summed E-state index contributed by atoms with van der Waals surface area (Å²) >= 11 is 0. The maximum Gasteiger partial charge on any atom is 0.307 e. The van der Waals surface area contributed by atoms with Crippen molar-refractivity contribution in [3.05, 3.63) is 60.8 Å². The second-order valence-electron chi connectivity index (χ2n) is 5.04. The first-order valence-corrected chi connectivity index (χ1v) is 8.24. The van der Waals surface area contributed by atoms with Crippen molar-refractivity contribution in [2.24, 2.45) is 0 Å². The highest BCUT2D eigenvalue weighted by Crippen LogP contribution is 1.98. The van der Waals surface area contributed by atoms with Gasteiger partial charge in [-0.1, -0.05) is 80.5 Å². The zero-order valence-corrected chi connectivity index (χ0v) is 13.8. The predicted molar refractivity (Wildman–Crippen MR) is 95.9 cm³/mol. The van der Waals surface area contributed by atoms with Gasteiger partial charge in [-0.2, -0.15) is 0 Å². The molecule has 22 heavy (non-hydrogen) atoms. The Morgan fingerprint density at radius 2 is 1.14 bits per heavy atom. The van der Waals surface area contributed by atoms with Crippen molar-refractivity contribution in [3.63, 3.8) is 0 Å². The molecule has 0 heterocycles. The van der Waals surface area contributed by atoms with E-state index < -0.39 is 5.97 Å². The standard InChI is InChI=1S/C20H30O2/c1-2-3-4-5-6-7-8-9-10-11-12-13-14-15-16-17-18-19-20(21)22/h5-6,8-9,11-12,14-15,17-18H,2-4,7,10,13,16,19H2,1H3,(H,21,22)/b6-5+,9-8+,12-11+,15-14+,18-17+. The fourth-order valence-corrected chi connectivity index (χ4v) is 1.71. The molecule has 0 aromatic heterocycles. The topological polar surface area (TPSA) is 37.3 Å². The summed E-state index contributed by atoms with van der Waals surface area (Å²) in [5.41, 5.74) is 0. The molecule has 0 radical (unpaired) electrons. The van der Waals surface area contributed by atoms with E-state index in [-0.39, 0.29) is 6.42 Å². The van der Waals surface area contributed by atoms with Crippen LogP contribution in [0.15, 0.2) is 60.8 Å². The van der Waals surface area contributed by atoms with E-state index in [1.165, 1.54) is 19.3 Å². The van der Waals surface area contributed by atoms with Crippen molar-refractivity contribution in [1.82, 2.24) is 0 Å². The summed E-state index contributed by atoms with van der Waals surface area (Å²) in [6.45, 7) is 2.21. The predicted octanol–water partition coefficient (Wildman–Crippen LogP) is 5.99. The third kappa shape index (κ3) is 18.2. The second kappa shape index (κ2) is 17.2.